The fourth-order valence-electron chi connectivity index (χ4n) is 4.93. The van der Waals surface area contributed by atoms with Crippen LogP contribution in [-0.4, -0.2) is 34.8 Å². The lowest BCUT2D eigenvalue weighted by Crippen LogP contribution is -2.59. The molecule has 4 rings (SSSR count). The number of aromatic hydroxyl groups is 1. The Morgan fingerprint density at radius 2 is 1.65 bits per heavy atom. The molecule has 0 saturated heterocycles. The summed E-state index contributed by atoms with van der Waals surface area (Å²) in [5.41, 5.74) is -1.02. The summed E-state index contributed by atoms with van der Waals surface area (Å²) in [6.45, 7) is 6.28. The molecule has 0 radical (unpaired) electrons. The third kappa shape index (κ3) is 5.28. The highest BCUT2D eigenvalue weighted by molar-refractivity contribution is 5.94. The summed E-state index contributed by atoms with van der Waals surface area (Å²) < 4.78 is 32.7. The summed E-state index contributed by atoms with van der Waals surface area (Å²) in [6, 6.07) is 1.65. The summed E-state index contributed by atoms with van der Waals surface area (Å²) >= 11 is 0. The molecule has 1 aromatic carbocycles. The second kappa shape index (κ2) is 8.63. The Kier molecular flexibility index (Phi) is 6.48. The number of hydrogen-bond donors (Lipinski definition) is 3. The van der Waals surface area contributed by atoms with Gasteiger partial charge in [0.15, 0.2) is 17.4 Å². The summed E-state index contributed by atoms with van der Waals surface area (Å²) in [6.07, 6.45) is 6.27. The zero-order valence-corrected chi connectivity index (χ0v) is 18.4. The van der Waals surface area contributed by atoms with E-state index in [4.69, 9.17) is 4.74 Å². The van der Waals surface area contributed by atoms with Gasteiger partial charge in [-0.05, 0) is 76.3 Å². The van der Waals surface area contributed by atoms with Crippen LogP contribution >= 0.6 is 0 Å². The molecule has 172 valence electrons. The van der Waals surface area contributed by atoms with Crippen molar-refractivity contribution < 1.29 is 28.2 Å². The molecule has 6 nitrogen and oxygen atoms in total. The molecule has 3 aliphatic carbocycles. The normalized spacial score (nSPS) is 25.2. The highest BCUT2D eigenvalue weighted by Gasteiger charge is 2.49. The Bertz CT molecular complexity index is 808. The van der Waals surface area contributed by atoms with Crippen LogP contribution < -0.4 is 10.6 Å². The van der Waals surface area contributed by atoms with Crippen LogP contribution in [0, 0.1) is 17.0 Å². The van der Waals surface area contributed by atoms with Crippen molar-refractivity contribution >= 4 is 12.0 Å². The Morgan fingerprint density at radius 1 is 1.10 bits per heavy atom. The van der Waals surface area contributed by atoms with Gasteiger partial charge in [0.1, 0.15) is 5.60 Å². The maximum atomic E-state index is 13.5. The maximum absolute atomic E-state index is 13.5. The van der Waals surface area contributed by atoms with Gasteiger partial charge in [0.05, 0.1) is 0 Å². The first-order chi connectivity index (χ1) is 14.5. The molecule has 0 aliphatic heterocycles. The topological polar surface area (TPSA) is 87.7 Å². The monoisotopic (exact) mass is 438 g/mol. The van der Waals surface area contributed by atoms with Crippen molar-refractivity contribution in [2.75, 3.05) is 6.54 Å². The van der Waals surface area contributed by atoms with Crippen LogP contribution in [0.4, 0.5) is 13.6 Å². The third-order valence-electron chi connectivity index (χ3n) is 6.89. The van der Waals surface area contributed by atoms with Gasteiger partial charge in [0.2, 0.25) is 0 Å². The Hall–Kier alpha value is -2.38. The number of alkyl carbamates (subject to hydrolysis) is 1. The highest BCUT2D eigenvalue weighted by Crippen LogP contribution is 2.52. The van der Waals surface area contributed by atoms with Gasteiger partial charge in [-0.25, -0.2) is 13.6 Å². The second-order valence-corrected chi connectivity index (χ2v) is 9.78. The molecule has 31 heavy (non-hydrogen) atoms. The van der Waals surface area contributed by atoms with E-state index >= 15 is 0 Å². The van der Waals surface area contributed by atoms with E-state index < -0.39 is 28.9 Å². The highest BCUT2D eigenvalue weighted by atomic mass is 19.1. The predicted octanol–water partition coefficient (Wildman–Crippen LogP) is 4.80. The lowest BCUT2D eigenvalue weighted by Gasteiger charge is -2.53. The first-order valence-corrected chi connectivity index (χ1v) is 11.0. The van der Waals surface area contributed by atoms with Crippen molar-refractivity contribution in [3.63, 3.8) is 0 Å². The quantitative estimate of drug-likeness (QED) is 0.571. The number of rotatable bonds is 7. The zero-order chi connectivity index (χ0) is 22.9. The third-order valence-corrected chi connectivity index (χ3v) is 6.89. The molecule has 0 aromatic heterocycles. The molecule has 3 N–H and O–H groups in total. The average Bonchev–Trinajstić information content (AvgIpc) is 2.70. The van der Waals surface area contributed by atoms with Crippen LogP contribution in [0.1, 0.15) is 82.5 Å². The molecular weight excluding hydrogens is 406 g/mol. The fourth-order valence-corrected chi connectivity index (χ4v) is 4.93. The van der Waals surface area contributed by atoms with Crippen molar-refractivity contribution in [3.05, 3.63) is 29.3 Å². The molecule has 0 unspecified atom stereocenters. The Labute approximate surface area is 181 Å². The van der Waals surface area contributed by atoms with E-state index in [1.165, 1.54) is 0 Å². The minimum absolute atomic E-state index is 0.0848. The van der Waals surface area contributed by atoms with Gasteiger partial charge in [0.25, 0.3) is 5.91 Å². The number of carbonyl (C=O) groups excluding carboxylic acids is 2. The molecule has 0 heterocycles. The number of phenols is 1. The van der Waals surface area contributed by atoms with Gasteiger partial charge in [-0.2, -0.15) is 0 Å². The van der Waals surface area contributed by atoms with E-state index in [1.54, 1.807) is 0 Å². The number of halogens is 2. The number of amides is 2. The molecule has 3 saturated carbocycles. The molecule has 8 heteroatoms. The minimum Gasteiger partial charge on any atom is -0.503 e. The summed E-state index contributed by atoms with van der Waals surface area (Å²) in [5.74, 6) is -3.99. The van der Waals surface area contributed by atoms with Crippen molar-refractivity contribution in [1.82, 2.24) is 10.6 Å². The van der Waals surface area contributed by atoms with Gasteiger partial charge in [-0.3, -0.25) is 4.79 Å². The molecule has 3 aliphatic rings. The van der Waals surface area contributed by atoms with Gasteiger partial charge >= 0.3 is 6.09 Å². The summed E-state index contributed by atoms with van der Waals surface area (Å²) in [4.78, 5) is 24.8. The predicted molar refractivity (Wildman–Crippen MR) is 112 cm³/mol. The number of ether oxygens (including phenoxy) is 1. The number of hydrogen-bond acceptors (Lipinski definition) is 4. The summed E-state index contributed by atoms with van der Waals surface area (Å²) in [5, 5.41) is 15.1. The second-order valence-electron chi connectivity index (χ2n) is 9.78. The van der Waals surface area contributed by atoms with E-state index in [0.29, 0.717) is 6.54 Å². The molecule has 2 amide bonds. The van der Waals surface area contributed by atoms with E-state index in [2.05, 4.69) is 17.6 Å². The largest absolute Gasteiger partial charge is 0.503 e. The molecule has 1 aromatic rings. The van der Waals surface area contributed by atoms with Crippen molar-refractivity contribution in [2.45, 2.75) is 83.3 Å². The van der Waals surface area contributed by atoms with E-state index in [0.717, 1.165) is 63.5 Å². The first kappa shape index (κ1) is 23.3. The number of fused-ring (bicyclic) bond motifs is 3. The van der Waals surface area contributed by atoms with E-state index in [-0.39, 0.29) is 22.6 Å². The average molecular weight is 439 g/mol. The number of phenolic OH excluding ortho intramolecular Hbond substituents is 1. The minimum atomic E-state index is -1.16. The summed E-state index contributed by atoms with van der Waals surface area (Å²) in [7, 11) is 0. The van der Waals surface area contributed by atoms with Crippen molar-refractivity contribution in [2.24, 2.45) is 5.41 Å². The lowest BCUT2D eigenvalue weighted by atomic mass is 9.57. The molecule has 0 spiro atoms. The van der Waals surface area contributed by atoms with Crippen LogP contribution in [0.3, 0.4) is 0 Å². The maximum Gasteiger partial charge on any atom is 0.408 e. The van der Waals surface area contributed by atoms with Crippen LogP contribution in [0.2, 0.25) is 0 Å². The lowest BCUT2D eigenvalue weighted by molar-refractivity contribution is -0.00233. The Morgan fingerprint density at radius 3 is 2.16 bits per heavy atom. The van der Waals surface area contributed by atoms with Gasteiger partial charge in [-0.1, -0.05) is 13.3 Å². The molecular formula is C23H32F2N2O4. The van der Waals surface area contributed by atoms with Gasteiger partial charge in [-0.15, -0.1) is 0 Å². The zero-order valence-electron chi connectivity index (χ0n) is 18.4. The van der Waals surface area contributed by atoms with Crippen molar-refractivity contribution in [1.29, 1.82) is 0 Å². The Balaban J connectivity index is 1.54. The van der Waals surface area contributed by atoms with E-state index in [1.807, 2.05) is 13.8 Å². The molecule has 3 fully saturated rings. The van der Waals surface area contributed by atoms with Crippen LogP contribution in [-0.2, 0) is 4.74 Å². The van der Waals surface area contributed by atoms with Crippen LogP contribution in [0.15, 0.2) is 12.1 Å². The number of benzene rings is 1. The van der Waals surface area contributed by atoms with Gasteiger partial charge in [0, 0.05) is 17.6 Å². The smallest absolute Gasteiger partial charge is 0.408 e. The van der Waals surface area contributed by atoms with Crippen molar-refractivity contribution in [3.8, 4) is 5.75 Å². The van der Waals surface area contributed by atoms with E-state index in [9.17, 15) is 23.5 Å². The fraction of sp³-hybridized carbons (Fsp3) is 0.652. The SMILES string of the molecule is CCCC(C)(C)OC(=O)NC12CCC(CNC(=O)c3cc(F)c(O)c(F)c3)(CC1)CC2. The number of nitrogens with one attached hydrogen (secondary N) is 2. The molecule has 0 atom stereocenters. The molecule has 2 bridgehead atoms. The first-order valence-electron chi connectivity index (χ1n) is 11.0. The standard InChI is InChI=1S/C23H32F2N2O4/c1-4-5-21(2,3)31-20(30)27-23-9-6-22(7-10-23,8-11-23)14-26-19(29)15-12-16(24)18(28)17(25)13-15/h12-13,28H,4-11,14H2,1-3H3,(H,26,29)(H,27,30). The van der Waals surface area contributed by atoms with Crippen LogP contribution in [0.5, 0.6) is 5.75 Å². The van der Waals surface area contributed by atoms with Gasteiger partial charge < -0.3 is 20.5 Å². The number of carbonyl (C=O) groups is 2. The van der Waals surface area contributed by atoms with Crippen LogP contribution in [0.25, 0.3) is 0 Å².